The van der Waals surface area contributed by atoms with Crippen LogP contribution in [-0.4, -0.2) is 15.5 Å². The number of aryl methyl sites for hydroxylation is 3. The fraction of sp³-hybridized carbons (Fsp3) is 0.321. The van der Waals surface area contributed by atoms with Gasteiger partial charge in [0, 0.05) is 16.1 Å². The first-order valence-electron chi connectivity index (χ1n) is 11.7. The third-order valence-electron chi connectivity index (χ3n) is 6.47. The number of para-hydroxylation sites is 1. The largest absolute Gasteiger partial charge is 0.324 e. The van der Waals surface area contributed by atoms with Gasteiger partial charge in [-0.25, -0.2) is 4.98 Å². The van der Waals surface area contributed by atoms with Crippen molar-refractivity contribution in [3.8, 4) is 11.1 Å². The average molecular weight is 474 g/mol. The first kappa shape index (κ1) is 23.9. The second-order valence-corrected chi connectivity index (χ2v) is 10.3. The number of nitrogens with one attached hydrogen (secondary N) is 1. The minimum atomic E-state index is -0.655. The third-order valence-corrected chi connectivity index (χ3v) is 7.49. The zero-order valence-corrected chi connectivity index (χ0v) is 21.4. The van der Waals surface area contributed by atoms with Crippen molar-refractivity contribution in [2.45, 2.75) is 59.9 Å². The lowest BCUT2D eigenvalue weighted by molar-refractivity contribution is -0.119. The van der Waals surface area contributed by atoms with E-state index in [1.165, 1.54) is 33.4 Å². The van der Waals surface area contributed by atoms with E-state index in [0.717, 1.165) is 27.3 Å². The van der Waals surface area contributed by atoms with Crippen molar-refractivity contribution in [2.24, 2.45) is 0 Å². The Morgan fingerprint density at radius 1 is 1.09 bits per heavy atom. The van der Waals surface area contributed by atoms with Crippen molar-refractivity contribution in [1.82, 2.24) is 9.55 Å². The molecule has 0 spiro atoms. The van der Waals surface area contributed by atoms with Crippen LogP contribution in [0.25, 0.3) is 21.3 Å². The summed E-state index contributed by atoms with van der Waals surface area (Å²) in [4.78, 5) is 33.5. The molecule has 6 heteroatoms. The molecule has 1 N–H and O–H groups in total. The van der Waals surface area contributed by atoms with Crippen molar-refractivity contribution in [3.63, 3.8) is 0 Å². The van der Waals surface area contributed by atoms with Crippen molar-refractivity contribution < 1.29 is 4.79 Å². The molecule has 0 saturated carbocycles. The Kier molecular flexibility index (Phi) is 6.71. The monoisotopic (exact) mass is 473 g/mol. The zero-order chi connectivity index (χ0) is 24.6. The lowest BCUT2D eigenvalue weighted by Crippen LogP contribution is -2.33. The number of hydrogen-bond donors (Lipinski definition) is 1. The summed E-state index contributed by atoms with van der Waals surface area (Å²) >= 11 is 1.52. The van der Waals surface area contributed by atoms with E-state index in [4.69, 9.17) is 0 Å². The summed E-state index contributed by atoms with van der Waals surface area (Å²) in [6.45, 7) is 12.3. The molecule has 5 nitrogen and oxygen atoms in total. The molecule has 4 rings (SSSR count). The van der Waals surface area contributed by atoms with Gasteiger partial charge in [-0.2, -0.15) is 0 Å². The Morgan fingerprint density at radius 3 is 2.50 bits per heavy atom. The molecule has 0 fully saturated rings. The van der Waals surface area contributed by atoms with E-state index in [2.05, 4.69) is 56.2 Å². The second kappa shape index (κ2) is 9.55. The van der Waals surface area contributed by atoms with E-state index in [0.29, 0.717) is 16.6 Å². The van der Waals surface area contributed by atoms with Gasteiger partial charge in [-0.3, -0.25) is 14.2 Å². The number of carbonyl (C=O) groups excluding carboxylic acids is 1. The molecule has 0 radical (unpaired) electrons. The van der Waals surface area contributed by atoms with Gasteiger partial charge in [0.25, 0.3) is 5.56 Å². The number of hydrogen-bond acceptors (Lipinski definition) is 4. The number of anilines is 1. The lowest BCUT2D eigenvalue weighted by Gasteiger charge is -2.20. The van der Waals surface area contributed by atoms with Crippen LogP contribution in [0.15, 0.2) is 53.6 Å². The number of thiophene rings is 1. The summed E-state index contributed by atoms with van der Waals surface area (Å²) in [5.74, 6) is 0.0603. The van der Waals surface area contributed by atoms with Crippen LogP contribution < -0.4 is 10.9 Å². The van der Waals surface area contributed by atoms with Crippen LogP contribution in [0.3, 0.4) is 0 Å². The number of carbonyl (C=O) groups is 1. The summed E-state index contributed by atoms with van der Waals surface area (Å²) < 4.78 is 1.49. The van der Waals surface area contributed by atoms with E-state index in [1.807, 2.05) is 38.1 Å². The Bertz CT molecular complexity index is 1430. The van der Waals surface area contributed by atoms with Crippen LogP contribution in [0.1, 0.15) is 60.7 Å². The molecule has 1 amide bonds. The van der Waals surface area contributed by atoms with Gasteiger partial charge in [-0.15, -0.1) is 11.3 Å². The highest BCUT2D eigenvalue weighted by atomic mass is 32.1. The van der Waals surface area contributed by atoms with Crippen LogP contribution in [0.5, 0.6) is 0 Å². The summed E-state index contributed by atoms with van der Waals surface area (Å²) in [5, 5.41) is 3.64. The highest BCUT2D eigenvalue weighted by molar-refractivity contribution is 7.19. The number of benzene rings is 2. The smallest absolute Gasteiger partial charge is 0.263 e. The highest BCUT2D eigenvalue weighted by Crippen LogP contribution is 2.36. The minimum Gasteiger partial charge on any atom is -0.324 e. The summed E-state index contributed by atoms with van der Waals surface area (Å²) in [7, 11) is 0. The fourth-order valence-corrected chi connectivity index (χ4v) is 5.42. The van der Waals surface area contributed by atoms with E-state index in [-0.39, 0.29) is 17.4 Å². The van der Waals surface area contributed by atoms with Gasteiger partial charge in [0.1, 0.15) is 10.9 Å². The molecule has 0 aliphatic carbocycles. The van der Waals surface area contributed by atoms with E-state index in [1.54, 1.807) is 0 Å². The van der Waals surface area contributed by atoms with Gasteiger partial charge >= 0.3 is 0 Å². The molecule has 176 valence electrons. The van der Waals surface area contributed by atoms with Crippen molar-refractivity contribution >= 4 is 33.1 Å². The summed E-state index contributed by atoms with van der Waals surface area (Å²) in [6, 6.07) is 13.4. The van der Waals surface area contributed by atoms with Gasteiger partial charge in [0.2, 0.25) is 5.91 Å². The summed E-state index contributed by atoms with van der Waals surface area (Å²) in [6.07, 6.45) is 2.00. The topological polar surface area (TPSA) is 64.0 Å². The Balaban J connectivity index is 1.79. The first-order valence-corrected chi connectivity index (χ1v) is 12.5. The van der Waals surface area contributed by atoms with E-state index in [9.17, 15) is 9.59 Å². The molecular formula is C28H31N3O2S. The van der Waals surface area contributed by atoms with Crippen molar-refractivity contribution in [1.29, 1.82) is 0 Å². The lowest BCUT2D eigenvalue weighted by atomic mass is 9.99. The molecule has 34 heavy (non-hydrogen) atoms. The van der Waals surface area contributed by atoms with Gasteiger partial charge in [-0.05, 0) is 61.4 Å². The molecule has 0 aliphatic rings. The Hall–Kier alpha value is -3.25. The molecule has 2 aromatic heterocycles. The zero-order valence-electron chi connectivity index (χ0n) is 20.6. The molecule has 4 aromatic rings. The number of amides is 1. The van der Waals surface area contributed by atoms with Crippen LogP contribution >= 0.6 is 11.3 Å². The molecular weight excluding hydrogens is 442 g/mol. The van der Waals surface area contributed by atoms with E-state index < -0.39 is 6.04 Å². The molecule has 0 saturated heterocycles. The maximum absolute atomic E-state index is 13.8. The molecule has 1 atom stereocenters. The second-order valence-electron chi connectivity index (χ2n) is 9.12. The predicted molar refractivity (Wildman–Crippen MR) is 142 cm³/mol. The third kappa shape index (κ3) is 4.30. The molecule has 0 aliphatic heterocycles. The van der Waals surface area contributed by atoms with Crippen LogP contribution in [0.2, 0.25) is 0 Å². The van der Waals surface area contributed by atoms with Gasteiger partial charge in [0.05, 0.1) is 11.7 Å². The van der Waals surface area contributed by atoms with Gasteiger partial charge < -0.3 is 5.32 Å². The first-order chi connectivity index (χ1) is 16.2. The van der Waals surface area contributed by atoms with E-state index >= 15 is 0 Å². The number of nitrogens with zero attached hydrogens (tertiary/aromatic N) is 2. The quantitative estimate of drug-likeness (QED) is 0.336. The van der Waals surface area contributed by atoms with Crippen molar-refractivity contribution in [2.75, 3.05) is 5.32 Å². The SMILES string of the molecule is CCC(C(=O)Nc1ccccc1C(C)C)n1cnc2sc(C)c(-c3ccc(C)c(C)c3)c2c1=O. The molecule has 2 heterocycles. The standard InChI is InChI=1S/C28H31N3O2S/c1-7-23(26(32)30-22-11-9-8-10-21(22)16(2)3)31-15-29-27-25(28(31)33)24(19(6)34-27)20-13-12-17(4)18(5)14-20/h8-16,23H,7H2,1-6H3,(H,30,32). The Labute approximate surface area is 204 Å². The molecule has 0 bridgehead atoms. The van der Waals surface area contributed by atoms with Crippen LogP contribution in [0.4, 0.5) is 5.69 Å². The number of fused-ring (bicyclic) bond motifs is 1. The number of aromatic nitrogens is 2. The normalized spacial score (nSPS) is 12.3. The van der Waals surface area contributed by atoms with Crippen molar-refractivity contribution in [3.05, 3.63) is 80.7 Å². The minimum absolute atomic E-state index is 0.179. The molecule has 1 unspecified atom stereocenters. The maximum Gasteiger partial charge on any atom is 0.263 e. The number of rotatable bonds is 6. The summed E-state index contributed by atoms with van der Waals surface area (Å²) in [5.41, 5.74) is 5.97. The predicted octanol–water partition coefficient (Wildman–Crippen LogP) is 6.76. The fourth-order valence-electron chi connectivity index (χ4n) is 4.42. The molecule has 2 aromatic carbocycles. The Morgan fingerprint density at radius 2 is 1.82 bits per heavy atom. The van der Waals surface area contributed by atoms with Crippen LogP contribution in [0, 0.1) is 20.8 Å². The maximum atomic E-state index is 13.8. The van der Waals surface area contributed by atoms with Crippen LogP contribution in [-0.2, 0) is 4.79 Å². The van der Waals surface area contributed by atoms with Gasteiger partial charge in [-0.1, -0.05) is 57.2 Å². The average Bonchev–Trinajstić information content (AvgIpc) is 3.14. The van der Waals surface area contributed by atoms with Gasteiger partial charge in [0.15, 0.2) is 0 Å². The highest BCUT2D eigenvalue weighted by Gasteiger charge is 2.24.